The minimum atomic E-state index is 0.0636. The van der Waals surface area contributed by atoms with Crippen LogP contribution in [0.4, 0.5) is 0 Å². The molecule has 0 saturated heterocycles. The van der Waals surface area contributed by atoms with E-state index in [2.05, 4.69) is 5.10 Å². The molecule has 1 aromatic heterocycles. The van der Waals surface area contributed by atoms with Crippen molar-refractivity contribution in [2.45, 2.75) is 46.8 Å². The lowest BCUT2D eigenvalue weighted by atomic mass is 10.0. The van der Waals surface area contributed by atoms with Gasteiger partial charge >= 0.3 is 0 Å². The third kappa shape index (κ3) is 5.93. The molecule has 3 aromatic carbocycles. The van der Waals surface area contributed by atoms with Crippen molar-refractivity contribution >= 4 is 11.6 Å². The van der Waals surface area contributed by atoms with Crippen LogP contribution in [-0.4, -0.2) is 21.3 Å². The van der Waals surface area contributed by atoms with E-state index in [4.69, 9.17) is 4.74 Å². The highest BCUT2D eigenvalue weighted by Crippen LogP contribution is 2.19. The molecule has 0 atom stereocenters. The van der Waals surface area contributed by atoms with E-state index in [1.807, 2.05) is 104 Å². The smallest absolute Gasteiger partial charge is 0.167 e. The SMILES string of the molecule is CCC(=O)c1ccc(Cn2nc(C)c(CC(=O)c3ccc(COc4ccccc4)cc3)c2C)cc1. The number of benzene rings is 3. The molecule has 0 N–H and O–H groups in total. The molecular weight excluding hydrogens is 436 g/mol. The van der Waals surface area contributed by atoms with Crippen LogP contribution in [0.2, 0.25) is 0 Å². The third-order valence-electron chi connectivity index (χ3n) is 6.22. The first kappa shape index (κ1) is 24.1. The summed E-state index contributed by atoms with van der Waals surface area (Å²) in [5, 5.41) is 4.67. The number of carbonyl (C=O) groups is 2. The topological polar surface area (TPSA) is 61.2 Å². The van der Waals surface area contributed by atoms with E-state index in [1.54, 1.807) is 0 Å². The normalized spacial score (nSPS) is 10.8. The fraction of sp³-hybridized carbons (Fsp3) is 0.233. The fourth-order valence-electron chi connectivity index (χ4n) is 4.05. The van der Waals surface area contributed by atoms with Crippen molar-refractivity contribution in [1.29, 1.82) is 0 Å². The first-order chi connectivity index (χ1) is 16.9. The summed E-state index contributed by atoms with van der Waals surface area (Å²) in [7, 11) is 0. The Bertz CT molecular complexity index is 1300. The predicted molar refractivity (Wildman–Crippen MR) is 137 cm³/mol. The van der Waals surface area contributed by atoms with Crippen LogP contribution in [-0.2, 0) is 19.6 Å². The predicted octanol–water partition coefficient (Wildman–Crippen LogP) is 6.15. The second-order valence-corrected chi connectivity index (χ2v) is 8.68. The van der Waals surface area contributed by atoms with E-state index in [0.717, 1.165) is 39.4 Å². The molecule has 0 saturated carbocycles. The largest absolute Gasteiger partial charge is 0.489 e. The zero-order valence-electron chi connectivity index (χ0n) is 20.5. The number of ether oxygens (including phenoxy) is 1. The summed E-state index contributed by atoms with van der Waals surface area (Å²) in [6.45, 7) is 6.86. The van der Waals surface area contributed by atoms with Crippen LogP contribution < -0.4 is 4.74 Å². The molecule has 0 aliphatic carbocycles. The summed E-state index contributed by atoms with van der Waals surface area (Å²) >= 11 is 0. The molecule has 35 heavy (non-hydrogen) atoms. The molecule has 4 aromatic rings. The summed E-state index contributed by atoms with van der Waals surface area (Å²) in [6.07, 6.45) is 0.805. The molecule has 5 nitrogen and oxygen atoms in total. The van der Waals surface area contributed by atoms with E-state index in [9.17, 15) is 9.59 Å². The number of hydrogen-bond donors (Lipinski definition) is 0. The van der Waals surface area contributed by atoms with E-state index in [0.29, 0.717) is 31.6 Å². The van der Waals surface area contributed by atoms with Gasteiger partial charge in [-0.2, -0.15) is 5.10 Å². The zero-order valence-corrected chi connectivity index (χ0v) is 20.5. The average Bonchev–Trinajstić information content (AvgIpc) is 3.15. The number of hydrogen-bond acceptors (Lipinski definition) is 4. The van der Waals surface area contributed by atoms with Crippen LogP contribution in [0.15, 0.2) is 78.9 Å². The number of ketones is 2. The van der Waals surface area contributed by atoms with Gasteiger partial charge in [-0.1, -0.05) is 73.7 Å². The highest BCUT2D eigenvalue weighted by Gasteiger charge is 2.16. The molecule has 0 fully saturated rings. The van der Waals surface area contributed by atoms with Crippen LogP contribution in [0, 0.1) is 13.8 Å². The van der Waals surface area contributed by atoms with Gasteiger partial charge in [0.25, 0.3) is 0 Å². The molecule has 0 spiro atoms. The van der Waals surface area contributed by atoms with Crippen molar-refractivity contribution in [2.24, 2.45) is 0 Å². The maximum absolute atomic E-state index is 13.0. The number of Topliss-reactive ketones (excluding diaryl/α,β-unsaturated/α-hetero) is 2. The Kier molecular flexibility index (Phi) is 7.56. The van der Waals surface area contributed by atoms with Crippen LogP contribution in [0.25, 0.3) is 0 Å². The highest BCUT2D eigenvalue weighted by molar-refractivity contribution is 5.97. The van der Waals surface area contributed by atoms with Gasteiger partial charge in [0.1, 0.15) is 12.4 Å². The second-order valence-electron chi connectivity index (χ2n) is 8.68. The molecule has 5 heteroatoms. The molecular formula is C30H30N2O3. The Morgan fingerprint density at radius 2 is 1.40 bits per heavy atom. The second kappa shape index (κ2) is 11.0. The molecule has 0 amide bonds. The molecule has 0 radical (unpaired) electrons. The Balaban J connectivity index is 1.40. The zero-order chi connectivity index (χ0) is 24.8. The van der Waals surface area contributed by atoms with Crippen LogP contribution in [0.5, 0.6) is 5.75 Å². The van der Waals surface area contributed by atoms with Crippen LogP contribution in [0.1, 0.15) is 62.1 Å². The monoisotopic (exact) mass is 466 g/mol. The Labute approximate surface area is 206 Å². The van der Waals surface area contributed by atoms with E-state index in [1.165, 1.54) is 0 Å². The summed E-state index contributed by atoms with van der Waals surface area (Å²) < 4.78 is 7.71. The molecule has 0 bridgehead atoms. The summed E-state index contributed by atoms with van der Waals surface area (Å²) in [5.41, 5.74) is 6.29. The minimum Gasteiger partial charge on any atom is -0.489 e. The summed E-state index contributed by atoms with van der Waals surface area (Å²) in [6, 6.07) is 24.9. The number of aromatic nitrogens is 2. The van der Waals surface area contributed by atoms with Crippen molar-refractivity contribution in [3.8, 4) is 5.75 Å². The van der Waals surface area contributed by atoms with E-state index < -0.39 is 0 Å². The fourth-order valence-corrected chi connectivity index (χ4v) is 4.05. The Hall–Kier alpha value is -3.99. The van der Waals surface area contributed by atoms with Crippen molar-refractivity contribution in [1.82, 2.24) is 9.78 Å². The maximum Gasteiger partial charge on any atom is 0.167 e. The molecule has 0 aliphatic heterocycles. The molecule has 1 heterocycles. The van der Waals surface area contributed by atoms with Gasteiger partial charge in [0, 0.05) is 35.2 Å². The van der Waals surface area contributed by atoms with Crippen molar-refractivity contribution in [2.75, 3.05) is 0 Å². The van der Waals surface area contributed by atoms with Crippen LogP contribution >= 0.6 is 0 Å². The maximum atomic E-state index is 13.0. The first-order valence-corrected chi connectivity index (χ1v) is 11.9. The Morgan fingerprint density at radius 1 is 0.800 bits per heavy atom. The average molecular weight is 467 g/mol. The molecule has 4 rings (SSSR count). The quantitative estimate of drug-likeness (QED) is 0.263. The van der Waals surface area contributed by atoms with Gasteiger partial charge in [0.2, 0.25) is 0 Å². The van der Waals surface area contributed by atoms with Gasteiger partial charge in [-0.25, -0.2) is 0 Å². The van der Waals surface area contributed by atoms with Crippen molar-refractivity contribution < 1.29 is 14.3 Å². The Morgan fingerprint density at radius 3 is 2.03 bits per heavy atom. The highest BCUT2D eigenvalue weighted by atomic mass is 16.5. The first-order valence-electron chi connectivity index (χ1n) is 11.9. The molecule has 0 aliphatic rings. The van der Waals surface area contributed by atoms with E-state index in [-0.39, 0.29) is 11.6 Å². The van der Waals surface area contributed by atoms with Gasteiger partial charge in [-0.3, -0.25) is 14.3 Å². The lowest BCUT2D eigenvalue weighted by molar-refractivity contribution is 0.0982. The lowest BCUT2D eigenvalue weighted by Crippen LogP contribution is -2.07. The van der Waals surface area contributed by atoms with Gasteiger partial charge in [-0.15, -0.1) is 0 Å². The molecule has 0 unspecified atom stereocenters. The van der Waals surface area contributed by atoms with Crippen molar-refractivity contribution in [3.05, 3.63) is 118 Å². The number of nitrogens with zero attached hydrogens (tertiary/aromatic N) is 2. The number of carbonyl (C=O) groups excluding carboxylic acids is 2. The van der Waals surface area contributed by atoms with Gasteiger partial charge in [-0.05, 0) is 37.1 Å². The van der Waals surface area contributed by atoms with Crippen LogP contribution in [0.3, 0.4) is 0 Å². The van der Waals surface area contributed by atoms with Gasteiger partial charge in [0.05, 0.1) is 12.2 Å². The number of aryl methyl sites for hydroxylation is 1. The van der Waals surface area contributed by atoms with Gasteiger partial charge in [0.15, 0.2) is 11.6 Å². The molecule has 178 valence electrons. The van der Waals surface area contributed by atoms with E-state index >= 15 is 0 Å². The van der Waals surface area contributed by atoms with Gasteiger partial charge < -0.3 is 4.74 Å². The standard InChI is InChI=1S/C30H30N2O3/c1-4-29(33)25-14-10-23(11-15-25)19-32-22(3)28(21(2)31-32)18-30(34)26-16-12-24(13-17-26)20-35-27-8-6-5-7-9-27/h5-17H,4,18-20H2,1-3H3. The summed E-state index contributed by atoms with van der Waals surface area (Å²) in [5.74, 6) is 1.02. The number of para-hydroxylation sites is 1. The minimum absolute atomic E-state index is 0.0636. The number of rotatable bonds is 10. The lowest BCUT2D eigenvalue weighted by Gasteiger charge is -2.08. The third-order valence-corrected chi connectivity index (χ3v) is 6.22. The summed E-state index contributed by atoms with van der Waals surface area (Å²) in [4.78, 5) is 24.9. The van der Waals surface area contributed by atoms with Crippen molar-refractivity contribution in [3.63, 3.8) is 0 Å².